The third kappa shape index (κ3) is 4.43. The van der Waals surface area contributed by atoms with Crippen LogP contribution in [0.1, 0.15) is 20.8 Å². The molecule has 0 radical (unpaired) electrons. The van der Waals surface area contributed by atoms with Gasteiger partial charge in [0.1, 0.15) is 5.60 Å². The van der Waals surface area contributed by atoms with Crippen LogP contribution in [-0.4, -0.2) is 21.7 Å². The summed E-state index contributed by atoms with van der Waals surface area (Å²) in [7, 11) is 0. The molecule has 2 aromatic heterocycles. The number of anilines is 1. The molecule has 0 saturated carbocycles. The Balaban J connectivity index is 2.19. The van der Waals surface area contributed by atoms with Crippen LogP contribution in [0.25, 0.3) is 11.1 Å². The normalized spacial score (nSPS) is 11.0. The number of rotatable bonds is 2. The van der Waals surface area contributed by atoms with Gasteiger partial charge in [0.15, 0.2) is 0 Å². The van der Waals surface area contributed by atoms with Crippen LogP contribution in [0.15, 0.2) is 36.9 Å². The van der Waals surface area contributed by atoms with E-state index in [1.807, 2.05) is 0 Å². The molecule has 0 saturated heterocycles. The van der Waals surface area contributed by atoms with Crippen LogP contribution in [0.3, 0.4) is 0 Å². The first kappa shape index (κ1) is 15.3. The molecule has 1 amide bonds. The maximum atomic E-state index is 11.7. The van der Waals surface area contributed by atoms with Crippen molar-refractivity contribution >= 4 is 23.4 Å². The quantitative estimate of drug-likeness (QED) is 0.905. The van der Waals surface area contributed by atoms with Gasteiger partial charge in [0.25, 0.3) is 0 Å². The van der Waals surface area contributed by atoms with Gasteiger partial charge >= 0.3 is 6.09 Å². The molecule has 0 aromatic carbocycles. The fourth-order valence-electron chi connectivity index (χ4n) is 1.69. The van der Waals surface area contributed by atoms with E-state index in [4.69, 9.17) is 16.3 Å². The third-order valence-corrected chi connectivity index (χ3v) is 2.77. The van der Waals surface area contributed by atoms with Crippen molar-refractivity contribution in [1.82, 2.24) is 9.97 Å². The minimum Gasteiger partial charge on any atom is -0.444 e. The first-order chi connectivity index (χ1) is 9.85. The smallest absolute Gasteiger partial charge is 0.412 e. The van der Waals surface area contributed by atoms with E-state index < -0.39 is 11.7 Å². The van der Waals surface area contributed by atoms with Crippen LogP contribution in [0.5, 0.6) is 0 Å². The summed E-state index contributed by atoms with van der Waals surface area (Å²) in [5.74, 6) is 0. The number of carbonyl (C=O) groups is 1. The zero-order chi connectivity index (χ0) is 15.5. The molecule has 0 atom stereocenters. The van der Waals surface area contributed by atoms with Crippen molar-refractivity contribution < 1.29 is 9.53 Å². The largest absolute Gasteiger partial charge is 0.444 e. The van der Waals surface area contributed by atoms with Crippen molar-refractivity contribution in [1.29, 1.82) is 0 Å². The molecule has 110 valence electrons. The van der Waals surface area contributed by atoms with Gasteiger partial charge in [0, 0.05) is 29.7 Å². The second kappa shape index (κ2) is 6.10. The SMILES string of the molecule is CC(C)(C)OC(=O)Nc1cncc(-c2ccncc2Cl)c1. The van der Waals surface area contributed by atoms with E-state index in [2.05, 4.69) is 15.3 Å². The van der Waals surface area contributed by atoms with Crippen molar-refractivity contribution in [3.8, 4) is 11.1 Å². The summed E-state index contributed by atoms with van der Waals surface area (Å²) in [5.41, 5.74) is 1.57. The van der Waals surface area contributed by atoms with Crippen LogP contribution < -0.4 is 5.32 Å². The Morgan fingerprint density at radius 3 is 2.67 bits per heavy atom. The summed E-state index contributed by atoms with van der Waals surface area (Å²) in [6.07, 6.45) is 5.90. The number of aromatic nitrogens is 2. The Morgan fingerprint density at radius 2 is 2.00 bits per heavy atom. The molecule has 2 aromatic rings. The summed E-state index contributed by atoms with van der Waals surface area (Å²) < 4.78 is 5.20. The molecule has 0 unspecified atom stereocenters. The number of carbonyl (C=O) groups excluding carboxylic acids is 1. The minimum absolute atomic E-state index is 0.522. The van der Waals surface area contributed by atoms with Gasteiger partial charge in [-0.1, -0.05) is 11.6 Å². The van der Waals surface area contributed by atoms with E-state index in [-0.39, 0.29) is 0 Å². The van der Waals surface area contributed by atoms with Crippen LogP contribution in [0.4, 0.5) is 10.5 Å². The van der Waals surface area contributed by atoms with Gasteiger partial charge in [-0.3, -0.25) is 15.3 Å². The first-order valence-electron chi connectivity index (χ1n) is 6.40. The molecule has 21 heavy (non-hydrogen) atoms. The fourth-order valence-corrected chi connectivity index (χ4v) is 1.91. The summed E-state index contributed by atoms with van der Waals surface area (Å²) in [4.78, 5) is 19.8. The van der Waals surface area contributed by atoms with E-state index in [9.17, 15) is 4.79 Å². The Hall–Kier alpha value is -2.14. The molecule has 6 heteroatoms. The molecule has 2 heterocycles. The van der Waals surface area contributed by atoms with Gasteiger partial charge < -0.3 is 4.74 Å². The van der Waals surface area contributed by atoms with Gasteiger partial charge in [-0.2, -0.15) is 0 Å². The average Bonchev–Trinajstić information content (AvgIpc) is 2.37. The number of halogens is 1. The van der Waals surface area contributed by atoms with Crippen LogP contribution >= 0.6 is 11.6 Å². The molecule has 5 nitrogen and oxygen atoms in total. The monoisotopic (exact) mass is 305 g/mol. The lowest BCUT2D eigenvalue weighted by atomic mass is 10.1. The van der Waals surface area contributed by atoms with Gasteiger partial charge in [-0.05, 0) is 32.9 Å². The van der Waals surface area contributed by atoms with E-state index in [0.717, 1.165) is 11.1 Å². The lowest BCUT2D eigenvalue weighted by Gasteiger charge is -2.19. The highest BCUT2D eigenvalue weighted by atomic mass is 35.5. The van der Waals surface area contributed by atoms with Crippen LogP contribution in [0, 0.1) is 0 Å². The van der Waals surface area contributed by atoms with E-state index in [0.29, 0.717) is 10.7 Å². The van der Waals surface area contributed by atoms with E-state index in [1.54, 1.807) is 57.7 Å². The molecular formula is C15H16ClN3O2. The Labute approximate surface area is 128 Å². The number of nitrogens with zero attached hydrogens (tertiary/aromatic N) is 2. The van der Waals surface area contributed by atoms with Gasteiger partial charge in [-0.25, -0.2) is 4.79 Å². The number of hydrogen-bond donors (Lipinski definition) is 1. The molecule has 0 fully saturated rings. The highest BCUT2D eigenvalue weighted by Gasteiger charge is 2.16. The first-order valence-corrected chi connectivity index (χ1v) is 6.78. The molecule has 1 N–H and O–H groups in total. The van der Waals surface area contributed by atoms with Gasteiger partial charge in [-0.15, -0.1) is 0 Å². The number of ether oxygens (including phenoxy) is 1. The van der Waals surface area contributed by atoms with E-state index in [1.165, 1.54) is 0 Å². The average molecular weight is 306 g/mol. The third-order valence-electron chi connectivity index (χ3n) is 2.47. The molecule has 0 aliphatic rings. The molecule has 2 rings (SSSR count). The zero-order valence-corrected chi connectivity index (χ0v) is 12.8. The number of amides is 1. The summed E-state index contributed by atoms with van der Waals surface area (Å²) in [6, 6.07) is 3.56. The molecule has 0 bridgehead atoms. The molecule has 0 aliphatic heterocycles. The Bertz CT molecular complexity index is 653. The number of pyridine rings is 2. The standard InChI is InChI=1S/C15H16ClN3O2/c1-15(2,3)21-14(20)19-11-6-10(7-18-8-11)12-4-5-17-9-13(12)16/h4-9H,1-3H3,(H,19,20). The highest BCUT2D eigenvalue weighted by Crippen LogP contribution is 2.27. The zero-order valence-electron chi connectivity index (χ0n) is 12.1. The van der Waals surface area contributed by atoms with Crippen LogP contribution in [-0.2, 0) is 4.74 Å². The van der Waals surface area contributed by atoms with Crippen molar-refractivity contribution in [3.05, 3.63) is 41.9 Å². The molecule has 0 spiro atoms. The summed E-state index contributed by atoms with van der Waals surface area (Å²) in [6.45, 7) is 5.41. The lowest BCUT2D eigenvalue weighted by Crippen LogP contribution is -2.27. The van der Waals surface area contributed by atoms with Crippen molar-refractivity contribution in [3.63, 3.8) is 0 Å². The topological polar surface area (TPSA) is 64.1 Å². The maximum Gasteiger partial charge on any atom is 0.412 e. The van der Waals surface area contributed by atoms with Crippen molar-refractivity contribution in [2.75, 3.05) is 5.32 Å². The number of nitrogens with one attached hydrogen (secondary N) is 1. The Morgan fingerprint density at radius 1 is 1.24 bits per heavy atom. The highest BCUT2D eigenvalue weighted by molar-refractivity contribution is 6.33. The summed E-state index contributed by atoms with van der Waals surface area (Å²) in [5, 5.41) is 3.17. The minimum atomic E-state index is -0.552. The Kier molecular flexibility index (Phi) is 4.43. The van der Waals surface area contributed by atoms with Crippen molar-refractivity contribution in [2.24, 2.45) is 0 Å². The second-order valence-corrected chi connectivity index (χ2v) is 5.85. The number of hydrogen-bond acceptors (Lipinski definition) is 4. The van der Waals surface area contributed by atoms with Gasteiger partial charge in [0.2, 0.25) is 0 Å². The molecule has 0 aliphatic carbocycles. The molecular weight excluding hydrogens is 290 g/mol. The summed E-state index contributed by atoms with van der Waals surface area (Å²) >= 11 is 6.10. The maximum absolute atomic E-state index is 11.7. The predicted octanol–water partition coefficient (Wildman–Crippen LogP) is 4.14. The van der Waals surface area contributed by atoms with E-state index >= 15 is 0 Å². The van der Waals surface area contributed by atoms with Crippen molar-refractivity contribution in [2.45, 2.75) is 26.4 Å². The fraction of sp³-hybridized carbons (Fsp3) is 0.267. The van der Waals surface area contributed by atoms with Gasteiger partial charge in [0.05, 0.1) is 16.9 Å². The second-order valence-electron chi connectivity index (χ2n) is 5.44. The van der Waals surface area contributed by atoms with Crippen LogP contribution in [0.2, 0.25) is 5.02 Å². The lowest BCUT2D eigenvalue weighted by molar-refractivity contribution is 0.0636. The predicted molar refractivity (Wildman–Crippen MR) is 82.3 cm³/mol.